The van der Waals surface area contributed by atoms with E-state index in [2.05, 4.69) is 10.3 Å². The average molecular weight is 406 g/mol. The van der Waals surface area contributed by atoms with Crippen LogP contribution in [0, 0.1) is 13.8 Å². The van der Waals surface area contributed by atoms with Crippen LogP contribution in [-0.4, -0.2) is 43.3 Å². The van der Waals surface area contributed by atoms with Gasteiger partial charge >= 0.3 is 0 Å². The van der Waals surface area contributed by atoms with Crippen molar-refractivity contribution in [2.75, 3.05) is 25.0 Å². The van der Waals surface area contributed by atoms with Crippen molar-refractivity contribution < 1.29 is 17.9 Å². The predicted molar refractivity (Wildman–Crippen MR) is 109 cm³/mol. The lowest BCUT2D eigenvalue weighted by atomic mass is 10.1. The number of benzene rings is 1. The van der Waals surface area contributed by atoms with Gasteiger partial charge in [-0.2, -0.15) is 4.31 Å². The summed E-state index contributed by atoms with van der Waals surface area (Å²) in [5, 5.41) is 2.81. The van der Waals surface area contributed by atoms with Crippen molar-refractivity contribution in [3.05, 3.63) is 47.2 Å². The Bertz CT molecular complexity index is 954. The minimum Gasteiger partial charge on any atom is -0.477 e. The van der Waals surface area contributed by atoms with Gasteiger partial charge in [-0.25, -0.2) is 13.4 Å². The van der Waals surface area contributed by atoms with E-state index < -0.39 is 15.9 Å². The normalized spacial score (nSPS) is 11.5. The van der Waals surface area contributed by atoms with Crippen LogP contribution < -0.4 is 10.1 Å². The summed E-state index contributed by atoms with van der Waals surface area (Å²) in [6.07, 6.45) is 1.55. The first-order chi connectivity index (χ1) is 13.3. The van der Waals surface area contributed by atoms with E-state index >= 15 is 0 Å². The zero-order chi connectivity index (χ0) is 20.9. The summed E-state index contributed by atoms with van der Waals surface area (Å²) in [5.41, 5.74) is 2.31. The van der Waals surface area contributed by atoms with E-state index in [4.69, 9.17) is 4.74 Å². The largest absolute Gasteiger partial charge is 0.477 e. The molecule has 0 unspecified atom stereocenters. The Morgan fingerprint density at radius 3 is 2.46 bits per heavy atom. The van der Waals surface area contributed by atoms with Crippen LogP contribution in [0.1, 0.15) is 42.3 Å². The van der Waals surface area contributed by atoms with E-state index in [1.807, 2.05) is 20.8 Å². The third kappa shape index (κ3) is 4.51. The topological polar surface area (TPSA) is 88.6 Å². The molecule has 0 saturated heterocycles. The van der Waals surface area contributed by atoms with Crippen LogP contribution in [0.25, 0.3) is 0 Å². The van der Waals surface area contributed by atoms with Gasteiger partial charge in [-0.15, -0.1) is 0 Å². The van der Waals surface area contributed by atoms with E-state index in [0.717, 1.165) is 11.1 Å². The molecule has 1 N–H and O–H groups in total. The highest BCUT2D eigenvalue weighted by atomic mass is 32.2. The molecular formula is C20H27N3O4S. The number of rotatable bonds is 8. The second-order valence-corrected chi connectivity index (χ2v) is 8.18. The average Bonchev–Trinajstić information content (AvgIpc) is 2.66. The van der Waals surface area contributed by atoms with Crippen molar-refractivity contribution in [1.29, 1.82) is 0 Å². The van der Waals surface area contributed by atoms with Crippen LogP contribution >= 0.6 is 0 Å². The maximum atomic E-state index is 12.9. The minimum absolute atomic E-state index is 0.158. The van der Waals surface area contributed by atoms with Crippen molar-refractivity contribution in [2.24, 2.45) is 0 Å². The maximum absolute atomic E-state index is 12.9. The molecule has 0 saturated carbocycles. The molecule has 0 aliphatic heterocycles. The number of carbonyl (C=O) groups is 1. The molecule has 1 aromatic carbocycles. The fourth-order valence-electron chi connectivity index (χ4n) is 2.82. The second kappa shape index (κ2) is 9.16. The molecule has 0 radical (unpaired) electrons. The van der Waals surface area contributed by atoms with E-state index in [1.165, 1.54) is 10.4 Å². The number of amides is 1. The lowest BCUT2D eigenvalue weighted by Crippen LogP contribution is -2.30. The molecule has 0 aliphatic carbocycles. The van der Waals surface area contributed by atoms with Crippen LogP contribution in [0.5, 0.6) is 5.88 Å². The molecule has 28 heavy (non-hydrogen) atoms. The van der Waals surface area contributed by atoms with E-state index in [0.29, 0.717) is 30.9 Å². The van der Waals surface area contributed by atoms with Crippen molar-refractivity contribution in [3.8, 4) is 5.88 Å². The van der Waals surface area contributed by atoms with Crippen molar-refractivity contribution in [1.82, 2.24) is 9.29 Å². The summed E-state index contributed by atoms with van der Waals surface area (Å²) >= 11 is 0. The standard InChI is InChI=1S/C20H27N3O4S/c1-6-23(7-2)28(25,26)16-12-14(4)15(5)18(13-16)22-19(24)17-10-9-11-21-20(17)27-8-3/h9-13H,6-8H2,1-5H3,(H,22,24). The smallest absolute Gasteiger partial charge is 0.261 e. The first kappa shape index (κ1) is 21.8. The zero-order valence-corrected chi connectivity index (χ0v) is 17.8. The number of pyridine rings is 1. The Hall–Kier alpha value is -2.45. The third-order valence-electron chi connectivity index (χ3n) is 4.53. The maximum Gasteiger partial charge on any atom is 0.261 e. The molecule has 7 nitrogen and oxygen atoms in total. The lowest BCUT2D eigenvalue weighted by molar-refractivity contribution is 0.102. The number of aryl methyl sites for hydroxylation is 1. The number of hydrogen-bond donors (Lipinski definition) is 1. The van der Waals surface area contributed by atoms with E-state index in [1.54, 1.807) is 38.2 Å². The zero-order valence-electron chi connectivity index (χ0n) is 16.9. The molecule has 8 heteroatoms. The van der Waals surface area contributed by atoms with Gasteiger partial charge in [0.25, 0.3) is 5.91 Å². The van der Waals surface area contributed by atoms with Gasteiger partial charge in [-0.05, 0) is 56.2 Å². The van der Waals surface area contributed by atoms with Gasteiger partial charge in [0.15, 0.2) is 0 Å². The molecule has 1 aromatic heterocycles. The number of sulfonamides is 1. The molecule has 2 rings (SSSR count). The predicted octanol–water partition coefficient (Wildman–Crippen LogP) is 3.38. The van der Waals surface area contributed by atoms with E-state index in [9.17, 15) is 13.2 Å². The number of nitrogens with one attached hydrogen (secondary N) is 1. The fraction of sp³-hybridized carbons (Fsp3) is 0.400. The van der Waals surface area contributed by atoms with Gasteiger partial charge in [0.05, 0.1) is 11.5 Å². The Morgan fingerprint density at radius 1 is 1.18 bits per heavy atom. The van der Waals surface area contributed by atoms with E-state index in [-0.39, 0.29) is 10.8 Å². The quantitative estimate of drug-likeness (QED) is 0.727. The summed E-state index contributed by atoms with van der Waals surface area (Å²) in [6.45, 7) is 10.2. The second-order valence-electron chi connectivity index (χ2n) is 6.25. The summed E-state index contributed by atoms with van der Waals surface area (Å²) in [6, 6.07) is 6.40. The summed E-state index contributed by atoms with van der Waals surface area (Å²) in [5.74, 6) is -0.166. The SMILES string of the molecule is CCOc1ncccc1C(=O)Nc1cc(S(=O)(=O)N(CC)CC)cc(C)c1C. The van der Waals surface area contributed by atoms with Crippen LogP contribution in [-0.2, 0) is 10.0 Å². The summed E-state index contributed by atoms with van der Waals surface area (Å²) < 4.78 is 32.6. The van der Waals surface area contributed by atoms with Gasteiger partial charge in [-0.1, -0.05) is 13.8 Å². The van der Waals surface area contributed by atoms with Crippen molar-refractivity contribution in [3.63, 3.8) is 0 Å². The van der Waals surface area contributed by atoms with Crippen molar-refractivity contribution in [2.45, 2.75) is 39.5 Å². The highest BCUT2D eigenvalue weighted by Crippen LogP contribution is 2.27. The molecule has 2 aromatic rings. The van der Waals surface area contributed by atoms with Crippen LogP contribution in [0.15, 0.2) is 35.4 Å². The number of hydrogen-bond acceptors (Lipinski definition) is 5. The van der Waals surface area contributed by atoms with Crippen LogP contribution in [0.4, 0.5) is 5.69 Å². The molecule has 152 valence electrons. The van der Waals surface area contributed by atoms with Gasteiger partial charge in [0.2, 0.25) is 15.9 Å². The molecule has 0 bridgehead atoms. The first-order valence-electron chi connectivity index (χ1n) is 9.26. The van der Waals surface area contributed by atoms with Crippen molar-refractivity contribution >= 4 is 21.6 Å². The highest BCUT2D eigenvalue weighted by molar-refractivity contribution is 7.89. The molecule has 1 heterocycles. The van der Waals surface area contributed by atoms with Gasteiger partial charge in [0.1, 0.15) is 5.56 Å². The van der Waals surface area contributed by atoms with Crippen LogP contribution in [0.2, 0.25) is 0 Å². The number of nitrogens with zero attached hydrogens (tertiary/aromatic N) is 2. The molecule has 1 amide bonds. The summed E-state index contributed by atoms with van der Waals surface area (Å²) in [4.78, 5) is 17.0. The molecule has 0 aliphatic rings. The van der Waals surface area contributed by atoms with Gasteiger partial charge < -0.3 is 10.1 Å². The molecule has 0 spiro atoms. The Labute approximate surface area is 166 Å². The number of anilines is 1. The molecular weight excluding hydrogens is 378 g/mol. The molecule has 0 atom stereocenters. The Balaban J connectivity index is 2.45. The Morgan fingerprint density at radius 2 is 1.86 bits per heavy atom. The first-order valence-corrected chi connectivity index (χ1v) is 10.7. The number of carbonyl (C=O) groups excluding carboxylic acids is 1. The number of aromatic nitrogens is 1. The monoisotopic (exact) mass is 405 g/mol. The lowest BCUT2D eigenvalue weighted by Gasteiger charge is -2.20. The van der Waals surface area contributed by atoms with Gasteiger partial charge in [0, 0.05) is 25.0 Å². The number of ether oxygens (including phenoxy) is 1. The minimum atomic E-state index is -3.64. The van der Waals surface area contributed by atoms with Crippen LogP contribution in [0.3, 0.4) is 0 Å². The molecule has 0 fully saturated rings. The Kier molecular flexibility index (Phi) is 7.15. The summed E-state index contributed by atoms with van der Waals surface area (Å²) in [7, 11) is -3.64. The highest BCUT2D eigenvalue weighted by Gasteiger charge is 2.24. The third-order valence-corrected chi connectivity index (χ3v) is 6.56. The van der Waals surface area contributed by atoms with Gasteiger partial charge in [-0.3, -0.25) is 4.79 Å². The fourth-order valence-corrected chi connectivity index (χ4v) is 4.39.